The van der Waals surface area contributed by atoms with Gasteiger partial charge in [0.25, 0.3) is 10.0 Å². The number of anilines is 2. The number of hydrogen-bond acceptors (Lipinski definition) is 4. The zero-order chi connectivity index (χ0) is 16.4. The van der Waals surface area contributed by atoms with Crippen LogP contribution in [0, 0.1) is 6.92 Å². The van der Waals surface area contributed by atoms with Gasteiger partial charge >= 0.3 is 0 Å². The Morgan fingerprint density at radius 1 is 1.05 bits per heavy atom. The van der Waals surface area contributed by atoms with Gasteiger partial charge < -0.3 is 5.32 Å². The molecule has 1 aromatic carbocycles. The zero-order valence-corrected chi connectivity index (χ0v) is 14.0. The first-order valence-corrected chi connectivity index (χ1v) is 8.48. The molecule has 0 aliphatic carbocycles. The number of hydrogen-bond donors (Lipinski definition) is 2. The topological polar surface area (TPSA) is 71.1 Å². The van der Waals surface area contributed by atoms with E-state index < -0.39 is 10.0 Å². The fourth-order valence-electron chi connectivity index (χ4n) is 2.01. The third kappa shape index (κ3) is 4.21. The van der Waals surface area contributed by atoms with Crippen LogP contribution in [0.4, 0.5) is 11.5 Å². The van der Waals surface area contributed by atoms with Gasteiger partial charge in [-0.3, -0.25) is 4.72 Å². The molecular formula is C16H21N3O2S. The van der Waals surface area contributed by atoms with Crippen LogP contribution in [-0.2, 0) is 10.0 Å². The van der Waals surface area contributed by atoms with E-state index in [4.69, 9.17) is 0 Å². The second kappa shape index (κ2) is 5.96. The van der Waals surface area contributed by atoms with Crippen molar-refractivity contribution in [1.82, 2.24) is 4.98 Å². The van der Waals surface area contributed by atoms with Gasteiger partial charge in [-0.2, -0.15) is 0 Å². The van der Waals surface area contributed by atoms with E-state index in [0.717, 1.165) is 5.69 Å². The normalized spacial score (nSPS) is 12.0. The SMILES string of the molecule is Cc1ccccc1S(=O)(=O)Nc1ccc(NC(C)(C)C)cn1. The van der Waals surface area contributed by atoms with Crippen LogP contribution in [-0.4, -0.2) is 18.9 Å². The fourth-order valence-corrected chi connectivity index (χ4v) is 3.27. The summed E-state index contributed by atoms with van der Waals surface area (Å²) in [6, 6.07) is 10.3. The minimum Gasteiger partial charge on any atom is -0.379 e. The van der Waals surface area contributed by atoms with E-state index in [-0.39, 0.29) is 10.4 Å². The van der Waals surface area contributed by atoms with E-state index in [1.807, 2.05) is 20.8 Å². The first-order valence-electron chi connectivity index (χ1n) is 7.00. The van der Waals surface area contributed by atoms with E-state index >= 15 is 0 Å². The van der Waals surface area contributed by atoms with Gasteiger partial charge in [-0.1, -0.05) is 18.2 Å². The number of aryl methyl sites for hydroxylation is 1. The molecule has 0 spiro atoms. The van der Waals surface area contributed by atoms with E-state index in [1.165, 1.54) is 0 Å². The van der Waals surface area contributed by atoms with Gasteiger partial charge in [-0.05, 0) is 51.5 Å². The lowest BCUT2D eigenvalue weighted by atomic mass is 10.1. The van der Waals surface area contributed by atoms with Gasteiger partial charge in [0.1, 0.15) is 5.82 Å². The van der Waals surface area contributed by atoms with Gasteiger partial charge in [0.2, 0.25) is 0 Å². The Hall–Kier alpha value is -2.08. The molecule has 0 atom stereocenters. The molecule has 1 heterocycles. The van der Waals surface area contributed by atoms with Crippen molar-refractivity contribution in [2.75, 3.05) is 10.0 Å². The molecule has 118 valence electrons. The average molecular weight is 319 g/mol. The van der Waals surface area contributed by atoms with Gasteiger partial charge in [0, 0.05) is 5.54 Å². The van der Waals surface area contributed by atoms with Crippen LogP contribution < -0.4 is 10.0 Å². The Kier molecular flexibility index (Phi) is 4.42. The highest BCUT2D eigenvalue weighted by Gasteiger charge is 2.17. The van der Waals surface area contributed by atoms with Crippen LogP contribution in [0.5, 0.6) is 0 Å². The predicted octanol–water partition coefficient (Wildman–Crippen LogP) is 3.40. The third-order valence-electron chi connectivity index (χ3n) is 2.90. The van der Waals surface area contributed by atoms with Crippen molar-refractivity contribution in [3.8, 4) is 0 Å². The minimum absolute atomic E-state index is 0.0795. The summed E-state index contributed by atoms with van der Waals surface area (Å²) in [7, 11) is -3.62. The Balaban J connectivity index is 2.19. The smallest absolute Gasteiger partial charge is 0.263 e. The number of benzene rings is 1. The third-order valence-corrected chi connectivity index (χ3v) is 4.42. The maximum absolute atomic E-state index is 12.4. The van der Waals surface area contributed by atoms with Gasteiger partial charge in [0.15, 0.2) is 0 Å². The molecule has 0 amide bonds. The van der Waals surface area contributed by atoms with E-state index in [1.54, 1.807) is 49.5 Å². The van der Waals surface area contributed by atoms with Crippen molar-refractivity contribution < 1.29 is 8.42 Å². The molecule has 0 saturated heterocycles. The average Bonchev–Trinajstić information content (AvgIpc) is 2.39. The number of nitrogens with one attached hydrogen (secondary N) is 2. The summed E-state index contributed by atoms with van der Waals surface area (Å²) >= 11 is 0. The molecule has 0 unspecified atom stereocenters. The lowest BCUT2D eigenvalue weighted by molar-refractivity contribution is 0.600. The second-order valence-corrected chi connectivity index (χ2v) is 7.83. The molecule has 2 rings (SSSR count). The van der Waals surface area contributed by atoms with Crippen molar-refractivity contribution in [2.24, 2.45) is 0 Å². The molecule has 6 heteroatoms. The highest BCUT2D eigenvalue weighted by molar-refractivity contribution is 7.92. The monoisotopic (exact) mass is 319 g/mol. The molecule has 0 fully saturated rings. The van der Waals surface area contributed by atoms with Crippen molar-refractivity contribution in [3.05, 3.63) is 48.2 Å². The zero-order valence-electron chi connectivity index (χ0n) is 13.2. The number of sulfonamides is 1. The van der Waals surface area contributed by atoms with Gasteiger partial charge in [0.05, 0.1) is 16.8 Å². The fraction of sp³-hybridized carbons (Fsp3) is 0.312. The summed E-state index contributed by atoms with van der Waals surface area (Å²) in [5, 5.41) is 3.27. The van der Waals surface area contributed by atoms with Crippen LogP contribution in [0.15, 0.2) is 47.5 Å². The number of nitrogens with zero attached hydrogens (tertiary/aromatic N) is 1. The minimum atomic E-state index is -3.62. The van der Waals surface area contributed by atoms with Crippen LogP contribution in [0.3, 0.4) is 0 Å². The highest BCUT2D eigenvalue weighted by atomic mass is 32.2. The molecule has 0 aliphatic heterocycles. The van der Waals surface area contributed by atoms with Crippen molar-refractivity contribution in [3.63, 3.8) is 0 Å². The van der Waals surface area contributed by atoms with Crippen LogP contribution in [0.1, 0.15) is 26.3 Å². The number of aromatic nitrogens is 1. The summed E-state index contributed by atoms with van der Waals surface area (Å²) in [5.74, 6) is 0.294. The molecular weight excluding hydrogens is 298 g/mol. The Morgan fingerprint density at radius 2 is 1.73 bits per heavy atom. The van der Waals surface area contributed by atoms with Crippen LogP contribution in [0.2, 0.25) is 0 Å². The molecule has 1 aromatic heterocycles. The number of rotatable bonds is 4. The van der Waals surface area contributed by atoms with Crippen molar-refractivity contribution in [1.29, 1.82) is 0 Å². The van der Waals surface area contributed by atoms with Crippen molar-refractivity contribution in [2.45, 2.75) is 38.1 Å². The molecule has 22 heavy (non-hydrogen) atoms. The lowest BCUT2D eigenvalue weighted by Gasteiger charge is -2.21. The molecule has 2 N–H and O–H groups in total. The molecule has 0 bridgehead atoms. The van der Waals surface area contributed by atoms with Crippen LogP contribution in [0.25, 0.3) is 0 Å². The van der Waals surface area contributed by atoms with E-state index in [2.05, 4.69) is 15.0 Å². The van der Waals surface area contributed by atoms with Gasteiger partial charge in [-0.15, -0.1) is 0 Å². The summed E-state index contributed by atoms with van der Waals surface area (Å²) in [6.07, 6.45) is 1.61. The summed E-state index contributed by atoms with van der Waals surface area (Å²) in [5.41, 5.74) is 1.46. The Labute approximate surface area is 131 Å². The molecule has 5 nitrogen and oxygen atoms in total. The Bertz CT molecular complexity index is 748. The Morgan fingerprint density at radius 3 is 2.27 bits per heavy atom. The second-order valence-electron chi connectivity index (χ2n) is 6.18. The number of pyridine rings is 1. The first kappa shape index (κ1) is 16.3. The highest BCUT2D eigenvalue weighted by Crippen LogP contribution is 2.19. The quantitative estimate of drug-likeness (QED) is 0.906. The summed E-state index contributed by atoms with van der Waals surface area (Å²) in [4.78, 5) is 4.41. The molecule has 2 aromatic rings. The lowest BCUT2D eigenvalue weighted by Crippen LogP contribution is -2.26. The van der Waals surface area contributed by atoms with Crippen LogP contribution >= 0.6 is 0 Å². The predicted molar refractivity (Wildman–Crippen MR) is 89.6 cm³/mol. The molecule has 0 radical (unpaired) electrons. The standard InChI is InChI=1S/C16H21N3O2S/c1-12-7-5-6-8-14(12)22(20,21)19-15-10-9-13(11-17-15)18-16(2,3)4/h5-11,18H,1-4H3,(H,17,19). The van der Waals surface area contributed by atoms with Gasteiger partial charge in [-0.25, -0.2) is 13.4 Å². The maximum Gasteiger partial charge on any atom is 0.263 e. The first-order chi connectivity index (χ1) is 10.2. The van der Waals surface area contributed by atoms with Crippen molar-refractivity contribution >= 4 is 21.5 Å². The van der Waals surface area contributed by atoms with E-state index in [9.17, 15) is 8.42 Å². The summed E-state index contributed by atoms with van der Waals surface area (Å²) < 4.78 is 27.2. The molecule has 0 aliphatic rings. The van der Waals surface area contributed by atoms with E-state index in [0.29, 0.717) is 11.4 Å². The molecule has 0 saturated carbocycles. The largest absolute Gasteiger partial charge is 0.379 e. The summed E-state index contributed by atoms with van der Waals surface area (Å²) in [6.45, 7) is 7.89. The maximum atomic E-state index is 12.4.